The summed E-state index contributed by atoms with van der Waals surface area (Å²) < 4.78 is 11.2. The van der Waals surface area contributed by atoms with Gasteiger partial charge < -0.3 is 29.6 Å². The van der Waals surface area contributed by atoms with E-state index in [1.54, 1.807) is 24.3 Å². The SMILES string of the molecule is COc1ccc2c(c1)C(=O)N(CC1(c3cc4nc(C(=O)NCCN(C)C)ccc4o3)NC(=O)NC1=O)C2. The van der Waals surface area contributed by atoms with E-state index in [9.17, 15) is 19.2 Å². The molecule has 5 rings (SSSR count). The van der Waals surface area contributed by atoms with Crippen LogP contribution in [0.4, 0.5) is 4.79 Å². The summed E-state index contributed by atoms with van der Waals surface area (Å²) in [5.74, 6) is -0.651. The lowest BCUT2D eigenvalue weighted by atomic mass is 9.95. The van der Waals surface area contributed by atoms with Crippen molar-refractivity contribution in [1.29, 1.82) is 0 Å². The van der Waals surface area contributed by atoms with E-state index < -0.39 is 17.5 Å². The third-order valence-electron chi connectivity index (χ3n) is 6.44. The number of likely N-dealkylation sites (N-methyl/N-ethyl adjacent to an activating group) is 1. The zero-order chi connectivity index (χ0) is 26.3. The Morgan fingerprint density at radius 2 is 2.03 bits per heavy atom. The molecule has 12 nitrogen and oxygen atoms in total. The highest BCUT2D eigenvalue weighted by molar-refractivity contribution is 6.08. The number of imide groups is 1. The molecule has 192 valence electrons. The van der Waals surface area contributed by atoms with Crippen LogP contribution in [0.3, 0.4) is 0 Å². The number of nitrogens with zero attached hydrogens (tertiary/aromatic N) is 3. The number of nitrogens with one attached hydrogen (secondary N) is 3. The topological polar surface area (TPSA) is 146 Å². The van der Waals surface area contributed by atoms with E-state index in [4.69, 9.17) is 9.15 Å². The fraction of sp³-hybridized carbons (Fsp3) is 0.320. The van der Waals surface area contributed by atoms with Crippen molar-refractivity contribution in [2.45, 2.75) is 12.1 Å². The highest BCUT2D eigenvalue weighted by Gasteiger charge is 2.53. The molecule has 2 aliphatic heterocycles. The summed E-state index contributed by atoms with van der Waals surface area (Å²) in [6.45, 7) is 1.21. The Labute approximate surface area is 211 Å². The second kappa shape index (κ2) is 9.21. The second-order valence-corrected chi connectivity index (χ2v) is 9.25. The Balaban J connectivity index is 1.44. The van der Waals surface area contributed by atoms with Crippen molar-refractivity contribution < 1.29 is 28.3 Å². The van der Waals surface area contributed by atoms with Crippen molar-refractivity contribution in [2.24, 2.45) is 0 Å². The van der Waals surface area contributed by atoms with Gasteiger partial charge in [0.05, 0.1) is 13.7 Å². The first-order valence-corrected chi connectivity index (χ1v) is 11.6. The Hall–Kier alpha value is -4.45. The van der Waals surface area contributed by atoms with Gasteiger partial charge in [0.2, 0.25) is 0 Å². The van der Waals surface area contributed by atoms with Gasteiger partial charge in [-0.1, -0.05) is 6.07 Å². The maximum Gasteiger partial charge on any atom is 0.322 e. The number of hydrogen-bond acceptors (Lipinski definition) is 8. The van der Waals surface area contributed by atoms with E-state index in [1.807, 2.05) is 19.0 Å². The second-order valence-electron chi connectivity index (χ2n) is 9.25. The lowest BCUT2D eigenvalue weighted by Gasteiger charge is -2.28. The Kier molecular flexibility index (Phi) is 6.04. The minimum atomic E-state index is -1.67. The molecule has 12 heteroatoms. The van der Waals surface area contributed by atoms with Crippen LogP contribution in [-0.2, 0) is 16.9 Å². The smallest absolute Gasteiger partial charge is 0.322 e. The van der Waals surface area contributed by atoms with E-state index in [0.29, 0.717) is 35.5 Å². The van der Waals surface area contributed by atoms with Crippen LogP contribution in [0.2, 0.25) is 0 Å². The molecule has 2 aliphatic rings. The summed E-state index contributed by atoms with van der Waals surface area (Å²) in [6.07, 6.45) is 0. The Morgan fingerprint density at radius 1 is 1.22 bits per heavy atom. The molecule has 1 fully saturated rings. The first-order valence-electron chi connectivity index (χ1n) is 11.6. The highest BCUT2D eigenvalue weighted by atomic mass is 16.5. The summed E-state index contributed by atoms with van der Waals surface area (Å²) in [7, 11) is 5.33. The molecule has 4 heterocycles. The molecule has 0 bridgehead atoms. The van der Waals surface area contributed by atoms with E-state index in [-0.39, 0.29) is 36.4 Å². The number of methoxy groups -OCH3 is 1. The van der Waals surface area contributed by atoms with Gasteiger partial charge in [-0.15, -0.1) is 0 Å². The number of carbonyl (C=O) groups is 4. The number of pyridine rings is 1. The summed E-state index contributed by atoms with van der Waals surface area (Å²) >= 11 is 0. The Bertz CT molecular complexity index is 1430. The molecule has 3 N–H and O–H groups in total. The molecule has 1 atom stereocenters. The van der Waals surface area contributed by atoms with Crippen LogP contribution in [0.25, 0.3) is 11.1 Å². The van der Waals surface area contributed by atoms with Crippen LogP contribution >= 0.6 is 0 Å². The number of aromatic nitrogens is 1. The molecule has 37 heavy (non-hydrogen) atoms. The highest BCUT2D eigenvalue weighted by Crippen LogP contribution is 2.34. The number of carbonyl (C=O) groups excluding carboxylic acids is 4. The third kappa shape index (κ3) is 4.35. The van der Waals surface area contributed by atoms with E-state index >= 15 is 0 Å². The van der Waals surface area contributed by atoms with Crippen molar-refractivity contribution >= 4 is 34.9 Å². The van der Waals surface area contributed by atoms with Crippen molar-refractivity contribution in [3.8, 4) is 5.75 Å². The molecule has 3 aromatic rings. The van der Waals surface area contributed by atoms with E-state index in [0.717, 1.165) is 5.56 Å². The molecule has 1 saturated heterocycles. The maximum absolute atomic E-state index is 13.2. The first-order chi connectivity index (χ1) is 17.7. The minimum Gasteiger partial charge on any atom is -0.497 e. The number of rotatable bonds is 8. The fourth-order valence-corrected chi connectivity index (χ4v) is 4.48. The lowest BCUT2D eigenvalue weighted by molar-refractivity contribution is -0.125. The van der Waals surface area contributed by atoms with Crippen molar-refractivity contribution in [1.82, 2.24) is 30.7 Å². The van der Waals surface area contributed by atoms with Crippen LogP contribution in [0.1, 0.15) is 32.2 Å². The zero-order valence-corrected chi connectivity index (χ0v) is 20.6. The van der Waals surface area contributed by atoms with Gasteiger partial charge in [0.15, 0.2) is 11.1 Å². The van der Waals surface area contributed by atoms with Crippen LogP contribution in [0, 0.1) is 0 Å². The van der Waals surface area contributed by atoms with Gasteiger partial charge >= 0.3 is 6.03 Å². The quantitative estimate of drug-likeness (QED) is 0.381. The molecule has 1 aromatic carbocycles. The van der Waals surface area contributed by atoms with Crippen molar-refractivity contribution in [3.05, 3.63) is 59.0 Å². The van der Waals surface area contributed by atoms with Gasteiger partial charge in [0.25, 0.3) is 17.7 Å². The molecule has 2 aromatic heterocycles. The van der Waals surface area contributed by atoms with Crippen LogP contribution in [-0.4, -0.2) is 79.4 Å². The summed E-state index contributed by atoms with van der Waals surface area (Å²) in [5.41, 5.74) is 0.426. The molecule has 1 unspecified atom stereocenters. The van der Waals surface area contributed by atoms with Crippen molar-refractivity contribution in [2.75, 3.05) is 40.8 Å². The van der Waals surface area contributed by atoms with Crippen LogP contribution in [0.5, 0.6) is 5.75 Å². The lowest BCUT2D eigenvalue weighted by Crippen LogP contribution is -2.52. The van der Waals surface area contributed by atoms with Crippen LogP contribution in [0.15, 0.2) is 40.8 Å². The largest absolute Gasteiger partial charge is 0.497 e. The summed E-state index contributed by atoms with van der Waals surface area (Å²) in [4.78, 5) is 58.8. The molecular weight excluding hydrogens is 480 g/mol. The number of furan rings is 1. The predicted molar refractivity (Wildman–Crippen MR) is 131 cm³/mol. The normalized spacial score (nSPS) is 18.8. The number of amides is 5. The van der Waals surface area contributed by atoms with Gasteiger partial charge in [-0.05, 0) is 43.9 Å². The van der Waals surface area contributed by atoms with Crippen molar-refractivity contribution in [3.63, 3.8) is 0 Å². The van der Waals surface area contributed by atoms with Gasteiger partial charge in [0.1, 0.15) is 22.7 Å². The number of benzene rings is 1. The zero-order valence-electron chi connectivity index (χ0n) is 20.6. The third-order valence-corrected chi connectivity index (χ3v) is 6.44. The number of fused-ring (bicyclic) bond motifs is 2. The van der Waals surface area contributed by atoms with E-state index in [1.165, 1.54) is 24.1 Å². The number of hydrogen-bond donors (Lipinski definition) is 3. The molecule has 0 aliphatic carbocycles. The average Bonchev–Trinajstić information content (AvgIpc) is 3.52. The minimum absolute atomic E-state index is 0.102. The molecule has 5 amide bonds. The summed E-state index contributed by atoms with van der Waals surface area (Å²) in [5, 5.41) is 7.69. The molecule has 0 saturated carbocycles. The number of urea groups is 1. The maximum atomic E-state index is 13.2. The van der Waals surface area contributed by atoms with Crippen LogP contribution < -0.4 is 20.7 Å². The Morgan fingerprint density at radius 3 is 2.73 bits per heavy atom. The molecular formula is C25H26N6O6. The van der Waals surface area contributed by atoms with Gasteiger partial charge in [-0.3, -0.25) is 19.7 Å². The average molecular weight is 507 g/mol. The first kappa shape index (κ1) is 24.3. The molecule has 0 spiro atoms. The molecule has 0 radical (unpaired) electrons. The fourth-order valence-electron chi connectivity index (χ4n) is 4.48. The standard InChI is InChI=1S/C25H26N6O6/c1-30(2)9-8-26-21(32)17-6-7-19-18(27-17)11-20(37-19)25(23(34)28-24(35)29-25)13-31-12-14-4-5-15(36-3)10-16(14)22(31)33/h4-7,10-11H,8-9,12-13H2,1-3H3,(H,26,32)(H2,28,29,34,35). The van der Waals surface area contributed by atoms with Gasteiger partial charge in [0, 0.05) is 31.3 Å². The monoisotopic (exact) mass is 506 g/mol. The van der Waals surface area contributed by atoms with Gasteiger partial charge in [-0.25, -0.2) is 9.78 Å². The summed E-state index contributed by atoms with van der Waals surface area (Å²) in [6, 6.07) is 9.11. The van der Waals surface area contributed by atoms with Gasteiger partial charge in [-0.2, -0.15) is 0 Å². The number of ether oxygens (including phenoxy) is 1. The van der Waals surface area contributed by atoms with E-state index in [2.05, 4.69) is 20.9 Å². The predicted octanol–water partition coefficient (Wildman–Crippen LogP) is 0.819.